The number of nitrogens with one attached hydrogen (secondary N) is 1. The first-order chi connectivity index (χ1) is 9.25. The molecule has 0 aromatic heterocycles. The first kappa shape index (κ1) is 14.5. The van der Waals surface area contributed by atoms with Crippen molar-refractivity contribution in [3.05, 3.63) is 35.9 Å². The van der Waals surface area contributed by atoms with E-state index >= 15 is 0 Å². The molecular weight excluding hydrogens is 234 g/mol. The Kier molecular flexibility index (Phi) is 5.83. The van der Waals surface area contributed by atoms with Crippen LogP contribution < -0.4 is 5.32 Å². The van der Waals surface area contributed by atoms with Crippen molar-refractivity contribution in [1.29, 1.82) is 0 Å². The van der Waals surface area contributed by atoms with E-state index in [0.717, 1.165) is 26.1 Å². The van der Waals surface area contributed by atoms with Gasteiger partial charge in [-0.05, 0) is 45.6 Å². The lowest BCUT2D eigenvalue weighted by Gasteiger charge is -2.30. The van der Waals surface area contributed by atoms with Crippen molar-refractivity contribution >= 4 is 0 Å². The molecule has 1 atom stereocenters. The van der Waals surface area contributed by atoms with Crippen LogP contribution in [0.3, 0.4) is 0 Å². The minimum atomic E-state index is 0.629. The predicted octanol–water partition coefficient (Wildman–Crippen LogP) is 1.45. The highest BCUT2D eigenvalue weighted by Gasteiger charge is 2.20. The van der Waals surface area contributed by atoms with Crippen molar-refractivity contribution in [2.75, 3.05) is 46.8 Å². The lowest BCUT2D eigenvalue weighted by molar-refractivity contribution is 0.188. The van der Waals surface area contributed by atoms with Crippen LogP contribution in [0.2, 0.25) is 0 Å². The summed E-state index contributed by atoms with van der Waals surface area (Å²) >= 11 is 0. The van der Waals surface area contributed by atoms with E-state index in [9.17, 15) is 0 Å². The van der Waals surface area contributed by atoms with E-state index in [1.807, 2.05) is 0 Å². The molecule has 2 rings (SSSR count). The van der Waals surface area contributed by atoms with Gasteiger partial charge in [0.25, 0.3) is 0 Å². The number of hydrogen-bond acceptors (Lipinski definition) is 3. The standard InChI is InChI=1S/C16H27N3/c1-18(2)11-12-19-10-6-9-17-14-16(19)13-15-7-4-3-5-8-15/h3-5,7-8,16-17H,6,9-14H2,1-2H3. The summed E-state index contributed by atoms with van der Waals surface area (Å²) in [7, 11) is 4.31. The second-order valence-corrected chi connectivity index (χ2v) is 5.74. The fourth-order valence-electron chi connectivity index (χ4n) is 2.70. The fraction of sp³-hybridized carbons (Fsp3) is 0.625. The van der Waals surface area contributed by atoms with Gasteiger partial charge in [0.15, 0.2) is 0 Å². The van der Waals surface area contributed by atoms with E-state index in [0.29, 0.717) is 6.04 Å². The molecule has 1 aromatic rings. The molecule has 1 fully saturated rings. The second kappa shape index (κ2) is 7.63. The molecule has 0 aliphatic carbocycles. The topological polar surface area (TPSA) is 18.5 Å². The first-order valence-electron chi connectivity index (χ1n) is 7.39. The molecule has 3 nitrogen and oxygen atoms in total. The van der Waals surface area contributed by atoms with Gasteiger partial charge in [-0.1, -0.05) is 30.3 Å². The maximum atomic E-state index is 3.58. The molecule has 0 saturated carbocycles. The number of rotatable bonds is 5. The Morgan fingerprint density at radius 3 is 2.79 bits per heavy atom. The number of nitrogens with zero attached hydrogens (tertiary/aromatic N) is 2. The van der Waals surface area contributed by atoms with Crippen molar-refractivity contribution in [1.82, 2.24) is 15.1 Å². The van der Waals surface area contributed by atoms with Gasteiger partial charge in [0, 0.05) is 25.7 Å². The molecule has 0 amide bonds. The Labute approximate surface area is 117 Å². The molecule has 0 spiro atoms. The molecule has 1 aliphatic rings. The van der Waals surface area contributed by atoms with Gasteiger partial charge in [-0.3, -0.25) is 4.90 Å². The van der Waals surface area contributed by atoms with E-state index in [1.165, 1.54) is 25.1 Å². The lowest BCUT2D eigenvalue weighted by Crippen LogP contribution is -2.44. The summed E-state index contributed by atoms with van der Waals surface area (Å²) in [4.78, 5) is 4.94. The highest BCUT2D eigenvalue weighted by atomic mass is 15.2. The summed E-state index contributed by atoms with van der Waals surface area (Å²) in [6.45, 7) is 5.81. The van der Waals surface area contributed by atoms with Crippen molar-refractivity contribution in [2.45, 2.75) is 18.9 Å². The molecule has 106 valence electrons. The Morgan fingerprint density at radius 1 is 1.26 bits per heavy atom. The number of benzene rings is 1. The smallest absolute Gasteiger partial charge is 0.0261 e. The molecule has 1 heterocycles. The molecule has 3 heteroatoms. The second-order valence-electron chi connectivity index (χ2n) is 5.74. The van der Waals surface area contributed by atoms with Crippen LogP contribution >= 0.6 is 0 Å². The predicted molar refractivity (Wildman–Crippen MR) is 81.5 cm³/mol. The molecule has 0 radical (unpaired) electrons. The normalized spacial score (nSPS) is 21.5. The molecule has 0 bridgehead atoms. The minimum absolute atomic E-state index is 0.629. The quantitative estimate of drug-likeness (QED) is 0.865. The summed E-state index contributed by atoms with van der Waals surface area (Å²) in [5.74, 6) is 0. The fourth-order valence-corrected chi connectivity index (χ4v) is 2.70. The minimum Gasteiger partial charge on any atom is -0.315 e. The van der Waals surface area contributed by atoms with Crippen LogP contribution in [-0.4, -0.2) is 62.7 Å². The van der Waals surface area contributed by atoms with Crippen molar-refractivity contribution < 1.29 is 0 Å². The average Bonchev–Trinajstić information content (AvgIpc) is 2.63. The Bertz CT molecular complexity index is 350. The van der Waals surface area contributed by atoms with Crippen molar-refractivity contribution in [2.24, 2.45) is 0 Å². The van der Waals surface area contributed by atoms with Gasteiger partial charge in [-0.25, -0.2) is 0 Å². The Balaban J connectivity index is 1.96. The van der Waals surface area contributed by atoms with E-state index in [-0.39, 0.29) is 0 Å². The van der Waals surface area contributed by atoms with Gasteiger partial charge in [0.05, 0.1) is 0 Å². The maximum absolute atomic E-state index is 3.58. The summed E-state index contributed by atoms with van der Waals surface area (Å²) < 4.78 is 0. The zero-order chi connectivity index (χ0) is 13.5. The number of hydrogen-bond donors (Lipinski definition) is 1. The summed E-state index contributed by atoms with van der Waals surface area (Å²) in [5.41, 5.74) is 1.45. The van der Waals surface area contributed by atoms with E-state index in [2.05, 4.69) is 59.5 Å². The lowest BCUT2D eigenvalue weighted by atomic mass is 10.0. The summed E-state index contributed by atoms with van der Waals surface area (Å²) in [6.07, 6.45) is 2.42. The highest BCUT2D eigenvalue weighted by molar-refractivity contribution is 5.16. The van der Waals surface area contributed by atoms with Crippen LogP contribution in [0.15, 0.2) is 30.3 Å². The SMILES string of the molecule is CN(C)CCN1CCCNCC1Cc1ccccc1. The third-order valence-corrected chi connectivity index (χ3v) is 3.84. The molecule has 19 heavy (non-hydrogen) atoms. The highest BCUT2D eigenvalue weighted by Crippen LogP contribution is 2.11. The largest absolute Gasteiger partial charge is 0.315 e. The maximum Gasteiger partial charge on any atom is 0.0261 e. The molecule has 1 aromatic carbocycles. The monoisotopic (exact) mass is 261 g/mol. The van der Waals surface area contributed by atoms with Crippen molar-refractivity contribution in [3.8, 4) is 0 Å². The van der Waals surface area contributed by atoms with E-state index in [4.69, 9.17) is 0 Å². The Morgan fingerprint density at radius 2 is 2.05 bits per heavy atom. The Hall–Kier alpha value is -0.900. The zero-order valence-electron chi connectivity index (χ0n) is 12.3. The van der Waals surface area contributed by atoms with Gasteiger partial charge in [0.2, 0.25) is 0 Å². The van der Waals surface area contributed by atoms with Gasteiger partial charge < -0.3 is 10.2 Å². The third kappa shape index (κ3) is 4.94. The van der Waals surface area contributed by atoms with Crippen LogP contribution in [0, 0.1) is 0 Å². The molecule has 1 aliphatic heterocycles. The van der Waals surface area contributed by atoms with Crippen LogP contribution in [0.4, 0.5) is 0 Å². The van der Waals surface area contributed by atoms with Gasteiger partial charge >= 0.3 is 0 Å². The molecule has 1 unspecified atom stereocenters. The summed E-state index contributed by atoms with van der Waals surface area (Å²) in [6, 6.07) is 11.5. The summed E-state index contributed by atoms with van der Waals surface area (Å²) in [5, 5.41) is 3.58. The van der Waals surface area contributed by atoms with Crippen LogP contribution in [-0.2, 0) is 6.42 Å². The molecule has 1 N–H and O–H groups in total. The molecule has 1 saturated heterocycles. The number of likely N-dealkylation sites (N-methyl/N-ethyl adjacent to an activating group) is 1. The van der Waals surface area contributed by atoms with Crippen LogP contribution in [0.25, 0.3) is 0 Å². The zero-order valence-corrected chi connectivity index (χ0v) is 12.3. The van der Waals surface area contributed by atoms with Crippen LogP contribution in [0.1, 0.15) is 12.0 Å². The first-order valence-corrected chi connectivity index (χ1v) is 7.39. The molecular formula is C16H27N3. The van der Waals surface area contributed by atoms with Gasteiger partial charge in [-0.2, -0.15) is 0 Å². The van der Waals surface area contributed by atoms with Gasteiger partial charge in [-0.15, -0.1) is 0 Å². The van der Waals surface area contributed by atoms with Gasteiger partial charge in [0.1, 0.15) is 0 Å². The van der Waals surface area contributed by atoms with E-state index < -0.39 is 0 Å². The van der Waals surface area contributed by atoms with Crippen LogP contribution in [0.5, 0.6) is 0 Å². The average molecular weight is 261 g/mol. The van der Waals surface area contributed by atoms with Crippen molar-refractivity contribution in [3.63, 3.8) is 0 Å². The third-order valence-electron chi connectivity index (χ3n) is 3.84. The van der Waals surface area contributed by atoms with E-state index in [1.54, 1.807) is 0 Å².